The number of amides is 3. The zero-order valence-corrected chi connectivity index (χ0v) is 15.2. The van der Waals surface area contributed by atoms with E-state index >= 15 is 0 Å². The first kappa shape index (κ1) is 18.5. The third-order valence-corrected chi connectivity index (χ3v) is 4.40. The highest BCUT2D eigenvalue weighted by atomic mass is 32.2. The number of aromatic nitrogens is 3. The lowest BCUT2D eigenvalue weighted by atomic mass is 10.3. The van der Waals surface area contributed by atoms with E-state index in [2.05, 4.69) is 20.8 Å². The highest BCUT2D eigenvalue weighted by molar-refractivity contribution is 7.99. The summed E-state index contributed by atoms with van der Waals surface area (Å²) in [6, 6.07) is 9.79. The average molecular weight is 387 g/mol. The van der Waals surface area contributed by atoms with Crippen molar-refractivity contribution >= 4 is 29.4 Å². The molecule has 0 aliphatic rings. The molecular formula is C17H17N5O4S. The number of nitrogens with zero attached hydrogens (tertiary/aromatic N) is 3. The number of imide groups is 1. The zero-order chi connectivity index (χ0) is 19.1. The van der Waals surface area contributed by atoms with Crippen molar-refractivity contribution in [3.8, 4) is 5.75 Å². The summed E-state index contributed by atoms with van der Waals surface area (Å²) >= 11 is 1.18. The molecule has 3 aromatic rings. The van der Waals surface area contributed by atoms with Crippen LogP contribution in [0.1, 0.15) is 5.76 Å². The van der Waals surface area contributed by atoms with Gasteiger partial charge in [-0.3, -0.25) is 10.1 Å². The van der Waals surface area contributed by atoms with Gasteiger partial charge in [-0.05, 0) is 36.4 Å². The van der Waals surface area contributed by atoms with Crippen molar-refractivity contribution in [2.24, 2.45) is 0 Å². The molecule has 0 spiro atoms. The standard InChI is InChI=1S/C17H17N5O4S/c1-25-13-6-4-12(5-7-13)19-16(24)20-15(23)10-27-17-21-18-11-22(17)9-14-3-2-8-26-14/h2-8,11H,9-10H2,1H3,(H2,19,20,23,24). The number of anilines is 1. The van der Waals surface area contributed by atoms with Crippen molar-refractivity contribution < 1.29 is 18.7 Å². The van der Waals surface area contributed by atoms with Gasteiger partial charge in [0.25, 0.3) is 0 Å². The van der Waals surface area contributed by atoms with Crippen molar-refractivity contribution in [1.29, 1.82) is 0 Å². The van der Waals surface area contributed by atoms with E-state index in [1.165, 1.54) is 11.8 Å². The van der Waals surface area contributed by atoms with Crippen molar-refractivity contribution in [3.05, 3.63) is 54.7 Å². The van der Waals surface area contributed by atoms with Gasteiger partial charge in [0.15, 0.2) is 5.16 Å². The van der Waals surface area contributed by atoms with Gasteiger partial charge >= 0.3 is 6.03 Å². The largest absolute Gasteiger partial charge is 0.497 e. The number of carbonyl (C=O) groups excluding carboxylic acids is 2. The van der Waals surface area contributed by atoms with Crippen LogP contribution in [0.2, 0.25) is 0 Å². The number of carbonyl (C=O) groups is 2. The van der Waals surface area contributed by atoms with E-state index in [4.69, 9.17) is 9.15 Å². The topological polar surface area (TPSA) is 111 Å². The second-order valence-electron chi connectivity index (χ2n) is 5.34. The zero-order valence-electron chi connectivity index (χ0n) is 14.4. The molecule has 27 heavy (non-hydrogen) atoms. The Labute approximate surface area is 159 Å². The number of benzene rings is 1. The maximum atomic E-state index is 12.0. The minimum absolute atomic E-state index is 0.0207. The number of ether oxygens (including phenoxy) is 1. The lowest BCUT2D eigenvalue weighted by Gasteiger charge is -2.08. The van der Waals surface area contributed by atoms with Crippen LogP contribution in [0.3, 0.4) is 0 Å². The predicted molar refractivity (Wildman–Crippen MR) is 98.7 cm³/mol. The second kappa shape index (κ2) is 8.90. The van der Waals surface area contributed by atoms with E-state index in [-0.39, 0.29) is 5.75 Å². The van der Waals surface area contributed by atoms with Crippen LogP contribution in [-0.4, -0.2) is 39.6 Å². The smallest absolute Gasteiger partial charge is 0.325 e. The van der Waals surface area contributed by atoms with E-state index in [0.29, 0.717) is 23.1 Å². The minimum Gasteiger partial charge on any atom is -0.497 e. The molecule has 0 saturated heterocycles. The number of nitrogens with one attached hydrogen (secondary N) is 2. The van der Waals surface area contributed by atoms with Crippen molar-refractivity contribution in [2.75, 3.05) is 18.2 Å². The molecule has 0 unspecified atom stereocenters. The molecule has 9 nitrogen and oxygen atoms in total. The number of rotatable bonds is 7. The van der Waals surface area contributed by atoms with Crippen molar-refractivity contribution in [1.82, 2.24) is 20.1 Å². The van der Waals surface area contributed by atoms with Crippen LogP contribution < -0.4 is 15.4 Å². The number of hydrogen-bond acceptors (Lipinski definition) is 7. The summed E-state index contributed by atoms with van der Waals surface area (Å²) in [4.78, 5) is 23.9. The van der Waals surface area contributed by atoms with Crippen molar-refractivity contribution in [2.45, 2.75) is 11.7 Å². The summed E-state index contributed by atoms with van der Waals surface area (Å²) in [5.74, 6) is 0.998. The molecule has 0 radical (unpaired) electrons. The highest BCUT2D eigenvalue weighted by Crippen LogP contribution is 2.17. The molecule has 0 aliphatic carbocycles. The van der Waals surface area contributed by atoms with Crippen LogP contribution in [0.15, 0.2) is 58.6 Å². The molecule has 2 heterocycles. The normalized spacial score (nSPS) is 10.4. The molecule has 10 heteroatoms. The fourth-order valence-corrected chi connectivity index (χ4v) is 2.88. The summed E-state index contributed by atoms with van der Waals surface area (Å²) in [6.07, 6.45) is 3.14. The van der Waals surface area contributed by atoms with E-state index in [1.807, 2.05) is 6.07 Å². The van der Waals surface area contributed by atoms with Gasteiger partial charge in [-0.25, -0.2) is 4.79 Å². The van der Waals surface area contributed by atoms with Gasteiger partial charge in [0.05, 0.1) is 25.7 Å². The molecule has 1 aromatic carbocycles. The molecule has 2 N–H and O–H groups in total. The molecule has 0 saturated carbocycles. The Bertz CT molecular complexity index is 892. The lowest BCUT2D eigenvalue weighted by Crippen LogP contribution is -2.35. The Morgan fingerprint density at radius 3 is 2.78 bits per heavy atom. The molecule has 0 bridgehead atoms. The summed E-state index contributed by atoms with van der Waals surface area (Å²) in [5, 5.41) is 13.2. The van der Waals surface area contributed by atoms with Gasteiger partial charge in [0.2, 0.25) is 5.91 Å². The summed E-state index contributed by atoms with van der Waals surface area (Å²) < 4.78 is 12.1. The third kappa shape index (κ3) is 5.35. The Morgan fingerprint density at radius 1 is 1.26 bits per heavy atom. The highest BCUT2D eigenvalue weighted by Gasteiger charge is 2.12. The number of furan rings is 1. The minimum atomic E-state index is -0.609. The lowest BCUT2D eigenvalue weighted by molar-refractivity contribution is -0.117. The summed E-state index contributed by atoms with van der Waals surface area (Å²) in [5.41, 5.74) is 0.548. The monoisotopic (exact) mass is 387 g/mol. The van der Waals surface area contributed by atoms with Gasteiger partial charge in [0.1, 0.15) is 17.8 Å². The SMILES string of the molecule is COc1ccc(NC(=O)NC(=O)CSc2nncn2Cc2ccco2)cc1. The van der Waals surface area contributed by atoms with Crippen molar-refractivity contribution in [3.63, 3.8) is 0 Å². The van der Waals surface area contributed by atoms with Crippen LogP contribution in [-0.2, 0) is 11.3 Å². The quantitative estimate of drug-likeness (QED) is 0.599. The van der Waals surface area contributed by atoms with E-state index in [0.717, 1.165) is 5.76 Å². The maximum absolute atomic E-state index is 12.0. The van der Waals surface area contributed by atoms with Gasteiger partial charge in [-0.2, -0.15) is 0 Å². The Morgan fingerprint density at radius 2 is 2.07 bits per heavy atom. The second-order valence-corrected chi connectivity index (χ2v) is 6.28. The molecule has 3 rings (SSSR count). The molecule has 3 amide bonds. The first-order valence-corrected chi connectivity index (χ1v) is 8.90. The molecular weight excluding hydrogens is 370 g/mol. The summed E-state index contributed by atoms with van der Waals surface area (Å²) in [6.45, 7) is 0.460. The summed E-state index contributed by atoms with van der Waals surface area (Å²) in [7, 11) is 1.56. The van der Waals surface area contributed by atoms with Crippen LogP contribution in [0.4, 0.5) is 10.5 Å². The van der Waals surface area contributed by atoms with Crippen LogP contribution >= 0.6 is 11.8 Å². The number of urea groups is 1. The molecule has 140 valence electrons. The van der Waals surface area contributed by atoms with Crippen LogP contribution in [0.5, 0.6) is 5.75 Å². The number of methoxy groups -OCH3 is 1. The third-order valence-electron chi connectivity index (χ3n) is 3.42. The fourth-order valence-electron chi connectivity index (χ4n) is 2.16. The average Bonchev–Trinajstić information content (AvgIpc) is 3.33. The molecule has 2 aromatic heterocycles. The van der Waals surface area contributed by atoms with Gasteiger partial charge in [-0.1, -0.05) is 11.8 Å². The Hall–Kier alpha value is -3.27. The van der Waals surface area contributed by atoms with E-state index in [9.17, 15) is 9.59 Å². The van der Waals surface area contributed by atoms with Crippen LogP contribution in [0, 0.1) is 0 Å². The van der Waals surface area contributed by atoms with Gasteiger partial charge in [0, 0.05) is 5.69 Å². The van der Waals surface area contributed by atoms with E-state index < -0.39 is 11.9 Å². The maximum Gasteiger partial charge on any atom is 0.325 e. The van der Waals surface area contributed by atoms with E-state index in [1.54, 1.807) is 54.6 Å². The van der Waals surface area contributed by atoms with Gasteiger partial charge in [-0.15, -0.1) is 10.2 Å². The number of thioether (sulfide) groups is 1. The first-order chi connectivity index (χ1) is 13.1. The Kier molecular flexibility index (Phi) is 6.10. The predicted octanol–water partition coefficient (Wildman–Crippen LogP) is 2.37. The fraction of sp³-hybridized carbons (Fsp3) is 0.176. The van der Waals surface area contributed by atoms with Crippen LogP contribution in [0.25, 0.3) is 0 Å². The molecule has 0 atom stereocenters. The molecule has 0 aliphatic heterocycles. The van der Waals surface area contributed by atoms with Gasteiger partial charge < -0.3 is 19.0 Å². The Balaban J connectivity index is 1.46. The first-order valence-electron chi connectivity index (χ1n) is 7.92. The molecule has 0 fully saturated rings. The number of hydrogen-bond donors (Lipinski definition) is 2.